The Morgan fingerprint density at radius 2 is 1.92 bits per heavy atom. The summed E-state index contributed by atoms with van der Waals surface area (Å²) in [6.45, 7) is 0.435. The van der Waals surface area contributed by atoms with E-state index in [1.165, 1.54) is 7.11 Å². The molecule has 0 aliphatic rings. The quantitative estimate of drug-likeness (QED) is 0.461. The summed E-state index contributed by atoms with van der Waals surface area (Å²) >= 11 is 0. The summed E-state index contributed by atoms with van der Waals surface area (Å²) in [5.41, 5.74) is 0.309. The second-order valence-corrected chi connectivity index (χ2v) is 4.83. The zero-order valence-corrected chi connectivity index (χ0v) is 12.9. The maximum Gasteiger partial charge on any atom is 0.292 e. The van der Waals surface area contributed by atoms with Crippen LogP contribution in [0.5, 0.6) is 5.75 Å². The maximum absolute atomic E-state index is 13.2. The van der Waals surface area contributed by atoms with E-state index in [4.69, 9.17) is 4.74 Å². The lowest BCUT2D eigenvalue weighted by molar-refractivity contribution is -0.384. The van der Waals surface area contributed by atoms with Crippen LogP contribution in [0.25, 0.3) is 0 Å². The van der Waals surface area contributed by atoms with Gasteiger partial charge in [-0.3, -0.25) is 14.9 Å². The number of nitrogens with zero attached hydrogens (tertiary/aromatic N) is 1. The summed E-state index contributed by atoms with van der Waals surface area (Å²) in [5.74, 6) is -0.217. The highest BCUT2D eigenvalue weighted by Crippen LogP contribution is 2.24. The predicted molar refractivity (Wildman–Crippen MR) is 86.9 cm³/mol. The summed E-state index contributed by atoms with van der Waals surface area (Å²) < 4.78 is 18.2. The molecule has 0 spiro atoms. The molecule has 0 atom stereocenters. The first-order valence-electron chi connectivity index (χ1n) is 7.11. The van der Waals surface area contributed by atoms with Crippen molar-refractivity contribution >= 4 is 17.3 Å². The van der Waals surface area contributed by atoms with Gasteiger partial charge in [0.15, 0.2) is 0 Å². The number of carbonyl (C=O) groups excluding carboxylic acids is 1. The van der Waals surface area contributed by atoms with Crippen LogP contribution in [0.3, 0.4) is 0 Å². The van der Waals surface area contributed by atoms with Crippen molar-refractivity contribution in [1.29, 1.82) is 0 Å². The first-order valence-corrected chi connectivity index (χ1v) is 7.11. The molecule has 2 aromatic carbocycles. The number of nitrogens with one attached hydrogen (secondary N) is 2. The standard InChI is InChI=1S/C16H16FN3O4/c1-24-13-5-2-11(3-6-13)16(21)19-9-8-18-14-10-12(17)4-7-15(14)20(22)23/h2-7,10,18H,8-9H2,1H3,(H,19,21). The largest absolute Gasteiger partial charge is 0.497 e. The SMILES string of the molecule is COc1ccc(C(=O)NCCNc2cc(F)ccc2[N+](=O)[O-])cc1. The van der Waals surface area contributed by atoms with Gasteiger partial charge in [0.2, 0.25) is 0 Å². The lowest BCUT2D eigenvalue weighted by Crippen LogP contribution is -2.28. The number of carbonyl (C=O) groups is 1. The van der Waals surface area contributed by atoms with Crippen LogP contribution in [0.15, 0.2) is 42.5 Å². The summed E-state index contributed by atoms with van der Waals surface area (Å²) in [6, 6.07) is 9.75. The molecule has 8 heteroatoms. The number of benzene rings is 2. The number of rotatable bonds is 7. The van der Waals surface area contributed by atoms with Crippen molar-refractivity contribution in [2.45, 2.75) is 0 Å². The molecule has 2 N–H and O–H groups in total. The Bertz CT molecular complexity index is 735. The molecule has 0 saturated heterocycles. The summed E-state index contributed by atoms with van der Waals surface area (Å²) in [5, 5.41) is 16.3. The predicted octanol–water partition coefficient (Wildman–Crippen LogP) is 2.58. The Kier molecular flexibility index (Phi) is 5.67. The number of amides is 1. The van der Waals surface area contributed by atoms with Gasteiger partial charge in [0, 0.05) is 30.8 Å². The molecular formula is C16H16FN3O4. The van der Waals surface area contributed by atoms with Gasteiger partial charge in [0.05, 0.1) is 12.0 Å². The highest BCUT2D eigenvalue weighted by Gasteiger charge is 2.14. The van der Waals surface area contributed by atoms with E-state index in [-0.39, 0.29) is 30.4 Å². The number of ether oxygens (including phenoxy) is 1. The van der Waals surface area contributed by atoms with Crippen LogP contribution in [-0.4, -0.2) is 31.0 Å². The zero-order valence-electron chi connectivity index (χ0n) is 12.9. The molecule has 0 heterocycles. The van der Waals surface area contributed by atoms with Gasteiger partial charge in [-0.15, -0.1) is 0 Å². The molecular weight excluding hydrogens is 317 g/mol. The number of nitro benzene ring substituents is 1. The van der Waals surface area contributed by atoms with Crippen molar-refractivity contribution in [2.75, 3.05) is 25.5 Å². The van der Waals surface area contributed by atoms with E-state index in [0.717, 1.165) is 18.2 Å². The van der Waals surface area contributed by atoms with Crippen LogP contribution in [0.2, 0.25) is 0 Å². The average Bonchev–Trinajstić information content (AvgIpc) is 2.58. The molecule has 0 bridgehead atoms. The normalized spacial score (nSPS) is 10.1. The van der Waals surface area contributed by atoms with Crippen molar-refractivity contribution in [3.05, 3.63) is 64.0 Å². The van der Waals surface area contributed by atoms with Gasteiger partial charge in [-0.05, 0) is 30.3 Å². The first kappa shape index (κ1) is 17.2. The number of methoxy groups -OCH3 is 1. The Morgan fingerprint density at radius 1 is 1.21 bits per heavy atom. The average molecular weight is 333 g/mol. The molecule has 0 aromatic heterocycles. The Labute approximate surface area is 137 Å². The van der Waals surface area contributed by atoms with E-state index in [1.54, 1.807) is 24.3 Å². The molecule has 7 nitrogen and oxygen atoms in total. The maximum atomic E-state index is 13.2. The third kappa shape index (κ3) is 4.42. The minimum atomic E-state index is -0.599. The summed E-state index contributed by atoms with van der Waals surface area (Å²) in [7, 11) is 1.53. The molecule has 2 aromatic rings. The minimum Gasteiger partial charge on any atom is -0.497 e. The Morgan fingerprint density at radius 3 is 2.54 bits per heavy atom. The molecule has 1 amide bonds. The number of halogens is 1. The number of nitro groups is 1. The van der Waals surface area contributed by atoms with E-state index in [2.05, 4.69) is 10.6 Å². The van der Waals surface area contributed by atoms with Gasteiger partial charge in [0.1, 0.15) is 17.3 Å². The van der Waals surface area contributed by atoms with Crippen LogP contribution in [0.1, 0.15) is 10.4 Å². The Hall–Kier alpha value is -3.16. The van der Waals surface area contributed by atoms with E-state index in [0.29, 0.717) is 11.3 Å². The second-order valence-electron chi connectivity index (χ2n) is 4.83. The van der Waals surface area contributed by atoms with Crippen molar-refractivity contribution < 1.29 is 18.8 Å². The van der Waals surface area contributed by atoms with E-state index in [9.17, 15) is 19.3 Å². The topological polar surface area (TPSA) is 93.5 Å². The molecule has 2 rings (SSSR count). The lowest BCUT2D eigenvalue weighted by Gasteiger charge is -2.09. The molecule has 0 aliphatic carbocycles. The van der Waals surface area contributed by atoms with Crippen molar-refractivity contribution in [3.63, 3.8) is 0 Å². The van der Waals surface area contributed by atoms with Crippen molar-refractivity contribution in [2.24, 2.45) is 0 Å². The number of hydrogen-bond acceptors (Lipinski definition) is 5. The first-order chi connectivity index (χ1) is 11.5. The van der Waals surface area contributed by atoms with Gasteiger partial charge in [0.25, 0.3) is 11.6 Å². The van der Waals surface area contributed by atoms with Gasteiger partial charge in [-0.1, -0.05) is 0 Å². The summed E-state index contributed by atoms with van der Waals surface area (Å²) in [4.78, 5) is 22.2. The Balaban J connectivity index is 1.87. The fraction of sp³-hybridized carbons (Fsp3) is 0.188. The summed E-state index contributed by atoms with van der Waals surface area (Å²) in [6.07, 6.45) is 0. The molecule has 126 valence electrons. The fourth-order valence-corrected chi connectivity index (χ4v) is 2.03. The molecule has 0 aliphatic heterocycles. The van der Waals surface area contributed by atoms with E-state index in [1.807, 2.05) is 0 Å². The molecule has 0 saturated carbocycles. The number of hydrogen-bond donors (Lipinski definition) is 2. The van der Waals surface area contributed by atoms with Crippen LogP contribution < -0.4 is 15.4 Å². The minimum absolute atomic E-state index is 0.0682. The van der Waals surface area contributed by atoms with E-state index < -0.39 is 10.7 Å². The van der Waals surface area contributed by atoms with Gasteiger partial charge >= 0.3 is 0 Å². The lowest BCUT2D eigenvalue weighted by atomic mass is 10.2. The van der Waals surface area contributed by atoms with Gasteiger partial charge < -0.3 is 15.4 Å². The fourth-order valence-electron chi connectivity index (χ4n) is 2.03. The van der Waals surface area contributed by atoms with Crippen LogP contribution in [-0.2, 0) is 0 Å². The van der Waals surface area contributed by atoms with Crippen LogP contribution in [0, 0.1) is 15.9 Å². The zero-order chi connectivity index (χ0) is 17.5. The third-order valence-electron chi connectivity index (χ3n) is 3.23. The molecule has 0 unspecified atom stereocenters. The van der Waals surface area contributed by atoms with E-state index >= 15 is 0 Å². The molecule has 24 heavy (non-hydrogen) atoms. The highest BCUT2D eigenvalue weighted by molar-refractivity contribution is 5.94. The van der Waals surface area contributed by atoms with Crippen molar-refractivity contribution in [3.8, 4) is 5.75 Å². The second kappa shape index (κ2) is 7.91. The van der Waals surface area contributed by atoms with Crippen LogP contribution in [0.4, 0.5) is 15.8 Å². The monoisotopic (exact) mass is 333 g/mol. The van der Waals surface area contributed by atoms with Gasteiger partial charge in [-0.2, -0.15) is 0 Å². The molecule has 0 radical (unpaired) electrons. The van der Waals surface area contributed by atoms with Crippen molar-refractivity contribution in [1.82, 2.24) is 5.32 Å². The third-order valence-corrected chi connectivity index (χ3v) is 3.23. The van der Waals surface area contributed by atoms with Crippen LogP contribution >= 0.6 is 0 Å². The molecule has 0 fully saturated rings. The highest BCUT2D eigenvalue weighted by atomic mass is 19.1. The number of anilines is 1. The van der Waals surface area contributed by atoms with Gasteiger partial charge in [-0.25, -0.2) is 4.39 Å². The smallest absolute Gasteiger partial charge is 0.292 e.